The van der Waals surface area contributed by atoms with Crippen LogP contribution in [0.1, 0.15) is 0 Å². The number of halogens is 11. The maximum atomic E-state index is 12.7. The van der Waals surface area contributed by atoms with Crippen molar-refractivity contribution in [3.63, 3.8) is 0 Å². The fourth-order valence-electron chi connectivity index (χ4n) is 1.13. The van der Waals surface area contributed by atoms with E-state index in [-0.39, 0.29) is 0 Å². The Labute approximate surface area is 84.7 Å². The van der Waals surface area contributed by atoms with Gasteiger partial charge in [-0.3, -0.25) is 0 Å². The molecule has 17 heavy (non-hydrogen) atoms. The summed E-state index contributed by atoms with van der Waals surface area (Å²) in [5.74, 6) is -20.7. The summed E-state index contributed by atoms with van der Waals surface area (Å²) in [6.45, 7) is 0. The van der Waals surface area contributed by atoms with Crippen molar-refractivity contribution in [2.75, 3.05) is 0 Å². The van der Waals surface area contributed by atoms with E-state index in [2.05, 4.69) is 0 Å². The quantitative estimate of drug-likeness (QED) is 0.374. The molecule has 1 atom stereocenters. The van der Waals surface area contributed by atoms with Crippen LogP contribution in [0.2, 0.25) is 0 Å². The molecule has 1 heterocycles. The molecule has 0 N–H and O–H groups in total. The lowest BCUT2D eigenvalue weighted by Crippen LogP contribution is -2.61. The molecule has 0 amide bonds. The number of nitrogens with zero attached hydrogens (tertiary/aromatic N) is 1. The second-order valence-corrected chi connectivity index (χ2v) is 3.09. The Morgan fingerprint density at radius 1 is 0.706 bits per heavy atom. The molecular formula is C5F11N. The molecule has 1 saturated heterocycles. The van der Waals surface area contributed by atoms with Gasteiger partial charge in [-0.2, -0.15) is 39.5 Å². The van der Waals surface area contributed by atoms with Crippen molar-refractivity contribution in [3.05, 3.63) is 0 Å². The maximum absolute atomic E-state index is 12.7. The molecule has 0 aromatic rings. The molecule has 1 aliphatic heterocycles. The van der Waals surface area contributed by atoms with Gasteiger partial charge in [0, 0.05) is 0 Å². The molecule has 1 fully saturated rings. The van der Waals surface area contributed by atoms with E-state index >= 15 is 0 Å². The van der Waals surface area contributed by atoms with Crippen LogP contribution in [-0.4, -0.2) is 35.0 Å². The first-order valence-corrected chi connectivity index (χ1v) is 3.51. The summed E-state index contributed by atoms with van der Waals surface area (Å²) in [6, 6.07) is -6.64. The average molecular weight is 283 g/mol. The highest BCUT2D eigenvalue weighted by Crippen LogP contribution is 2.66. The molecule has 12 heteroatoms. The minimum absolute atomic E-state index is 3.50. The third-order valence-corrected chi connectivity index (χ3v) is 2.08. The standard InChI is InChI=1S/C5F11N/c6-1(7)2(8,9)5(14,15)17(16)3(1,10)4(11,12)13. The normalized spacial score (nSPS) is 36.2. The summed E-state index contributed by atoms with van der Waals surface area (Å²) in [6.07, 6.45) is -6.99. The zero-order valence-electron chi connectivity index (χ0n) is 7.10. The number of rotatable bonds is 0. The van der Waals surface area contributed by atoms with Gasteiger partial charge < -0.3 is 0 Å². The van der Waals surface area contributed by atoms with Crippen LogP contribution in [0.3, 0.4) is 0 Å². The highest BCUT2D eigenvalue weighted by atomic mass is 19.4. The van der Waals surface area contributed by atoms with Gasteiger partial charge in [0.2, 0.25) is 0 Å². The molecule has 0 aromatic heterocycles. The summed E-state index contributed by atoms with van der Waals surface area (Å²) in [4.78, 5) is 0. The summed E-state index contributed by atoms with van der Waals surface area (Å²) < 4.78 is 134. The Morgan fingerprint density at radius 3 is 1.18 bits per heavy atom. The lowest BCUT2D eigenvalue weighted by Gasteiger charge is -2.30. The third-order valence-electron chi connectivity index (χ3n) is 2.08. The summed E-state index contributed by atoms with van der Waals surface area (Å²) in [5, 5.41) is -3.50. The predicted molar refractivity (Wildman–Crippen MR) is 27.7 cm³/mol. The average Bonchev–Trinajstić information content (AvgIpc) is 2.17. The van der Waals surface area contributed by atoms with E-state index in [1.807, 2.05) is 0 Å². The van der Waals surface area contributed by atoms with Crippen LogP contribution in [-0.2, 0) is 0 Å². The van der Waals surface area contributed by atoms with Crippen LogP contribution in [0.5, 0.6) is 0 Å². The maximum Gasteiger partial charge on any atom is 0.445 e. The van der Waals surface area contributed by atoms with E-state index in [0.29, 0.717) is 0 Å². The van der Waals surface area contributed by atoms with Gasteiger partial charge in [-0.1, -0.05) is 0 Å². The highest BCUT2D eigenvalue weighted by molar-refractivity contribution is 5.16. The minimum Gasteiger partial charge on any atom is -0.206 e. The zero-order valence-corrected chi connectivity index (χ0v) is 7.10. The Hall–Kier alpha value is -0.810. The fraction of sp³-hybridized carbons (Fsp3) is 1.00. The predicted octanol–water partition coefficient (Wildman–Crippen LogP) is 3.28. The Bertz CT molecular complexity index is 331. The van der Waals surface area contributed by atoms with Crippen molar-refractivity contribution in [2.45, 2.75) is 29.9 Å². The van der Waals surface area contributed by atoms with Crippen molar-refractivity contribution in [1.29, 1.82) is 0 Å². The molecule has 1 nitrogen and oxygen atoms in total. The lowest BCUT2D eigenvalue weighted by molar-refractivity contribution is -0.388. The van der Waals surface area contributed by atoms with Gasteiger partial charge in [0.05, 0.1) is 0 Å². The van der Waals surface area contributed by atoms with Gasteiger partial charge in [-0.05, 0) is 5.12 Å². The van der Waals surface area contributed by atoms with Gasteiger partial charge in [-0.15, -0.1) is 4.48 Å². The topological polar surface area (TPSA) is 3.24 Å². The first-order valence-electron chi connectivity index (χ1n) is 3.51. The van der Waals surface area contributed by atoms with E-state index < -0.39 is 35.0 Å². The highest BCUT2D eigenvalue weighted by Gasteiger charge is 2.98. The van der Waals surface area contributed by atoms with Crippen LogP contribution in [0.25, 0.3) is 0 Å². The Balaban J connectivity index is 3.57. The molecule has 0 saturated carbocycles. The molecule has 102 valence electrons. The van der Waals surface area contributed by atoms with Gasteiger partial charge >= 0.3 is 29.9 Å². The second kappa shape index (κ2) is 2.95. The van der Waals surface area contributed by atoms with Crippen LogP contribution in [0.15, 0.2) is 0 Å². The van der Waals surface area contributed by atoms with E-state index in [0.717, 1.165) is 0 Å². The molecule has 0 aliphatic carbocycles. The second-order valence-electron chi connectivity index (χ2n) is 3.09. The largest absolute Gasteiger partial charge is 0.445 e. The van der Waals surface area contributed by atoms with Crippen molar-refractivity contribution in [1.82, 2.24) is 5.12 Å². The fourth-order valence-corrected chi connectivity index (χ4v) is 1.13. The molecule has 1 unspecified atom stereocenters. The van der Waals surface area contributed by atoms with E-state index in [9.17, 15) is 48.4 Å². The number of hydrogen-bond donors (Lipinski definition) is 0. The zero-order chi connectivity index (χ0) is 14.1. The summed E-state index contributed by atoms with van der Waals surface area (Å²) in [5.41, 5.74) is 0. The van der Waals surface area contributed by atoms with Crippen molar-refractivity contribution in [2.24, 2.45) is 0 Å². The molecule has 1 aliphatic rings. The van der Waals surface area contributed by atoms with E-state index in [4.69, 9.17) is 0 Å². The van der Waals surface area contributed by atoms with Crippen LogP contribution < -0.4 is 0 Å². The number of hydrogen-bond acceptors (Lipinski definition) is 1. The summed E-state index contributed by atoms with van der Waals surface area (Å²) in [7, 11) is 0. The van der Waals surface area contributed by atoms with Gasteiger partial charge in [0.15, 0.2) is 0 Å². The van der Waals surface area contributed by atoms with Crippen molar-refractivity contribution < 1.29 is 48.4 Å². The van der Waals surface area contributed by atoms with Gasteiger partial charge in [-0.25, -0.2) is 4.39 Å². The first-order chi connectivity index (χ1) is 7.15. The van der Waals surface area contributed by atoms with E-state index in [1.54, 1.807) is 0 Å². The number of alkyl halides is 10. The smallest absolute Gasteiger partial charge is 0.206 e. The van der Waals surface area contributed by atoms with Crippen molar-refractivity contribution >= 4 is 0 Å². The van der Waals surface area contributed by atoms with Crippen molar-refractivity contribution in [3.8, 4) is 0 Å². The molecular weight excluding hydrogens is 283 g/mol. The summed E-state index contributed by atoms with van der Waals surface area (Å²) >= 11 is 0. The lowest BCUT2D eigenvalue weighted by atomic mass is 10.1. The Morgan fingerprint density at radius 2 is 1.06 bits per heavy atom. The van der Waals surface area contributed by atoms with Crippen LogP contribution in [0, 0.1) is 0 Å². The van der Waals surface area contributed by atoms with Crippen LogP contribution >= 0.6 is 0 Å². The first kappa shape index (κ1) is 14.3. The van der Waals surface area contributed by atoms with Gasteiger partial charge in [0.25, 0.3) is 0 Å². The molecule has 0 aromatic carbocycles. The monoisotopic (exact) mass is 283 g/mol. The minimum atomic E-state index is -6.99. The SMILES string of the molecule is FN1C(F)(F)C(F)(F)C(F)(F)C1(F)C(F)(F)F. The molecule has 0 bridgehead atoms. The van der Waals surface area contributed by atoms with Gasteiger partial charge in [0.1, 0.15) is 0 Å². The van der Waals surface area contributed by atoms with E-state index in [1.165, 1.54) is 0 Å². The Kier molecular flexibility index (Phi) is 2.47. The third kappa shape index (κ3) is 1.19. The van der Waals surface area contributed by atoms with Crippen LogP contribution in [0.4, 0.5) is 48.4 Å². The molecule has 0 radical (unpaired) electrons. The molecule has 0 spiro atoms. The molecule has 1 rings (SSSR count).